The lowest BCUT2D eigenvalue weighted by molar-refractivity contribution is -0.142. The van der Waals surface area contributed by atoms with E-state index in [1.165, 1.54) is 0 Å². The van der Waals surface area contributed by atoms with Crippen LogP contribution in [-0.4, -0.2) is 40.3 Å². The molecule has 1 atom stereocenters. The topological polar surface area (TPSA) is 66.8 Å². The summed E-state index contributed by atoms with van der Waals surface area (Å²) in [5, 5.41) is 8.91. The number of ether oxygens (including phenoxy) is 1. The van der Waals surface area contributed by atoms with Gasteiger partial charge in [0.1, 0.15) is 11.6 Å². The average Bonchev–Trinajstić information content (AvgIpc) is 2.58. The van der Waals surface area contributed by atoms with Crippen molar-refractivity contribution in [3.05, 3.63) is 11.7 Å². The van der Waals surface area contributed by atoms with Gasteiger partial charge in [-0.05, 0) is 20.8 Å². The zero-order valence-corrected chi connectivity index (χ0v) is 10.4. The van der Waals surface area contributed by atoms with Crippen LogP contribution < -0.4 is 0 Å². The van der Waals surface area contributed by atoms with E-state index in [1.54, 1.807) is 20.8 Å². The molecule has 0 aromatic heterocycles. The average molecular weight is 263 g/mol. The highest BCUT2D eigenvalue weighted by Crippen LogP contribution is 2.28. The lowest BCUT2D eigenvalue weighted by Gasteiger charge is -2.26. The molecule has 5 nitrogen and oxygen atoms in total. The van der Waals surface area contributed by atoms with Crippen LogP contribution in [0.1, 0.15) is 27.2 Å². The first-order chi connectivity index (χ1) is 8.11. The predicted octanol–water partition coefficient (Wildman–Crippen LogP) is 2.23. The number of carboxylic acid groups (broad SMARTS) is 1. The van der Waals surface area contributed by atoms with Crippen LogP contribution in [0.5, 0.6) is 0 Å². The van der Waals surface area contributed by atoms with E-state index in [9.17, 15) is 18.4 Å². The van der Waals surface area contributed by atoms with Crippen molar-refractivity contribution in [1.29, 1.82) is 0 Å². The van der Waals surface area contributed by atoms with E-state index in [-0.39, 0.29) is 12.0 Å². The number of amides is 1. The van der Waals surface area contributed by atoms with Crippen LogP contribution in [0.15, 0.2) is 11.7 Å². The molecule has 1 fully saturated rings. The molecule has 1 aliphatic heterocycles. The lowest BCUT2D eigenvalue weighted by Crippen LogP contribution is -2.43. The van der Waals surface area contributed by atoms with Gasteiger partial charge < -0.3 is 9.84 Å². The molecule has 0 aromatic carbocycles. The van der Waals surface area contributed by atoms with Gasteiger partial charge in [-0.3, -0.25) is 4.90 Å². The molecule has 0 aliphatic carbocycles. The molecule has 18 heavy (non-hydrogen) atoms. The molecule has 7 heteroatoms. The smallest absolute Gasteiger partial charge is 0.411 e. The highest BCUT2D eigenvalue weighted by molar-refractivity contribution is 5.82. The van der Waals surface area contributed by atoms with Crippen LogP contribution in [0.4, 0.5) is 13.6 Å². The van der Waals surface area contributed by atoms with Crippen molar-refractivity contribution in [2.45, 2.75) is 38.8 Å². The largest absolute Gasteiger partial charge is 0.480 e. The summed E-state index contributed by atoms with van der Waals surface area (Å²) < 4.78 is 29.9. The Bertz CT molecular complexity index is 396. The summed E-state index contributed by atoms with van der Waals surface area (Å²) in [5.41, 5.74) is -1.14. The lowest BCUT2D eigenvalue weighted by atomic mass is 10.2. The SMILES string of the molecule is CC(C)(C)OC(=O)N1CC(=C(F)F)CC1C(=O)O. The van der Waals surface area contributed by atoms with Gasteiger partial charge in [-0.1, -0.05) is 0 Å². The van der Waals surface area contributed by atoms with Gasteiger partial charge >= 0.3 is 12.1 Å². The maximum atomic E-state index is 12.5. The Balaban J connectivity index is 2.89. The van der Waals surface area contributed by atoms with Crippen LogP contribution in [0.3, 0.4) is 0 Å². The van der Waals surface area contributed by atoms with Gasteiger partial charge in [-0.15, -0.1) is 0 Å². The number of carbonyl (C=O) groups is 2. The number of rotatable bonds is 1. The van der Waals surface area contributed by atoms with Crippen LogP contribution >= 0.6 is 0 Å². The molecule has 1 amide bonds. The first-order valence-electron chi connectivity index (χ1n) is 5.37. The molecule has 1 unspecified atom stereocenters. The second-order valence-electron chi connectivity index (χ2n) is 5.03. The maximum absolute atomic E-state index is 12.5. The zero-order chi connectivity index (χ0) is 14.1. The fourth-order valence-electron chi connectivity index (χ4n) is 1.59. The Kier molecular flexibility index (Phi) is 3.93. The van der Waals surface area contributed by atoms with Crippen molar-refractivity contribution in [1.82, 2.24) is 4.90 Å². The summed E-state index contributed by atoms with van der Waals surface area (Å²) in [6.07, 6.45) is -3.20. The van der Waals surface area contributed by atoms with Crippen molar-refractivity contribution in [3.8, 4) is 0 Å². The zero-order valence-electron chi connectivity index (χ0n) is 10.4. The van der Waals surface area contributed by atoms with Crippen molar-refractivity contribution in [2.75, 3.05) is 6.54 Å². The molecule has 1 N–H and O–H groups in total. The summed E-state index contributed by atoms with van der Waals surface area (Å²) in [6.45, 7) is 4.43. The second kappa shape index (κ2) is 4.91. The number of aliphatic carboxylic acids is 1. The molecule has 1 heterocycles. The molecule has 0 bridgehead atoms. The molecule has 1 saturated heterocycles. The summed E-state index contributed by atoms with van der Waals surface area (Å²) in [7, 11) is 0. The fraction of sp³-hybridized carbons (Fsp3) is 0.636. The molecule has 0 radical (unpaired) electrons. The Morgan fingerprint density at radius 3 is 2.33 bits per heavy atom. The monoisotopic (exact) mass is 263 g/mol. The van der Waals surface area contributed by atoms with Gasteiger partial charge in [0.15, 0.2) is 0 Å². The second-order valence-corrected chi connectivity index (χ2v) is 5.03. The molecule has 0 aromatic rings. The van der Waals surface area contributed by atoms with Crippen LogP contribution in [0.25, 0.3) is 0 Å². The summed E-state index contributed by atoms with van der Waals surface area (Å²) in [5.74, 6) is -1.32. The van der Waals surface area contributed by atoms with Gasteiger partial charge in [0.05, 0.1) is 6.54 Å². The highest BCUT2D eigenvalue weighted by Gasteiger charge is 2.40. The summed E-state index contributed by atoms with van der Waals surface area (Å²) in [6, 6.07) is -1.30. The third kappa shape index (κ3) is 3.41. The number of carboxylic acids is 1. The van der Waals surface area contributed by atoms with Crippen LogP contribution in [-0.2, 0) is 9.53 Å². The van der Waals surface area contributed by atoms with Crippen molar-refractivity contribution < 1.29 is 28.2 Å². The third-order valence-electron chi connectivity index (χ3n) is 2.36. The van der Waals surface area contributed by atoms with E-state index in [2.05, 4.69) is 0 Å². The van der Waals surface area contributed by atoms with E-state index in [4.69, 9.17) is 9.84 Å². The first kappa shape index (κ1) is 14.4. The highest BCUT2D eigenvalue weighted by atomic mass is 19.3. The standard InChI is InChI=1S/C11H15F2NO4/c1-11(2,3)18-10(17)14-5-6(8(12)13)4-7(14)9(15)16/h7H,4-5H2,1-3H3,(H,15,16). The van der Waals surface area contributed by atoms with E-state index in [0.29, 0.717) is 0 Å². The number of hydrogen-bond acceptors (Lipinski definition) is 3. The predicted molar refractivity (Wildman–Crippen MR) is 58.2 cm³/mol. The summed E-state index contributed by atoms with van der Waals surface area (Å²) in [4.78, 5) is 23.5. The molecule has 1 rings (SSSR count). The maximum Gasteiger partial charge on any atom is 0.411 e. The minimum Gasteiger partial charge on any atom is -0.480 e. The number of hydrogen-bond donors (Lipinski definition) is 1. The van der Waals surface area contributed by atoms with Crippen LogP contribution in [0.2, 0.25) is 0 Å². The van der Waals surface area contributed by atoms with E-state index in [1.807, 2.05) is 0 Å². The normalized spacial score (nSPS) is 19.9. The molecule has 0 saturated carbocycles. The van der Waals surface area contributed by atoms with Crippen molar-refractivity contribution in [3.63, 3.8) is 0 Å². The van der Waals surface area contributed by atoms with E-state index >= 15 is 0 Å². The molecular weight excluding hydrogens is 248 g/mol. The molecular formula is C11H15F2NO4. The Morgan fingerprint density at radius 2 is 1.94 bits per heavy atom. The van der Waals surface area contributed by atoms with Crippen LogP contribution in [0, 0.1) is 0 Å². The minimum atomic E-state index is -1.94. The van der Waals surface area contributed by atoms with Crippen molar-refractivity contribution in [2.24, 2.45) is 0 Å². The minimum absolute atomic E-state index is 0.340. The molecule has 1 aliphatic rings. The van der Waals surface area contributed by atoms with Gasteiger partial charge in [0.25, 0.3) is 6.08 Å². The Morgan fingerprint density at radius 1 is 1.39 bits per heavy atom. The van der Waals surface area contributed by atoms with Gasteiger partial charge in [-0.2, -0.15) is 8.78 Å². The van der Waals surface area contributed by atoms with E-state index < -0.39 is 36.3 Å². The van der Waals surface area contributed by atoms with Gasteiger partial charge in [0, 0.05) is 12.0 Å². The summed E-state index contributed by atoms with van der Waals surface area (Å²) >= 11 is 0. The van der Waals surface area contributed by atoms with Gasteiger partial charge in [0.2, 0.25) is 0 Å². The van der Waals surface area contributed by atoms with Gasteiger partial charge in [-0.25, -0.2) is 9.59 Å². The first-order valence-corrected chi connectivity index (χ1v) is 5.37. The quantitative estimate of drug-likeness (QED) is 0.787. The molecule has 102 valence electrons. The molecule has 0 spiro atoms. The van der Waals surface area contributed by atoms with E-state index in [0.717, 1.165) is 4.90 Å². The van der Waals surface area contributed by atoms with Crippen molar-refractivity contribution >= 4 is 12.1 Å². The number of nitrogens with zero attached hydrogens (tertiary/aromatic N) is 1. The number of carbonyl (C=O) groups excluding carboxylic acids is 1. The fourth-order valence-corrected chi connectivity index (χ4v) is 1.59. The Labute approximate surface area is 103 Å². The number of likely N-dealkylation sites (tertiary alicyclic amines) is 1. The number of halogens is 2. The third-order valence-corrected chi connectivity index (χ3v) is 2.36. The Hall–Kier alpha value is -1.66.